The lowest BCUT2D eigenvalue weighted by atomic mass is 10.2. The highest BCUT2D eigenvalue weighted by Gasteiger charge is 2.06. The predicted molar refractivity (Wildman–Crippen MR) is 82.2 cm³/mol. The van der Waals surface area contributed by atoms with E-state index in [1.165, 1.54) is 0 Å². The van der Waals surface area contributed by atoms with Crippen molar-refractivity contribution in [3.05, 3.63) is 48.6 Å². The predicted octanol–water partition coefficient (Wildman–Crippen LogP) is 1.63. The van der Waals surface area contributed by atoms with Crippen molar-refractivity contribution in [3.63, 3.8) is 0 Å². The van der Waals surface area contributed by atoms with Crippen molar-refractivity contribution in [2.45, 2.75) is 19.8 Å². The van der Waals surface area contributed by atoms with Gasteiger partial charge in [-0.1, -0.05) is 36.9 Å². The molecular weight excluding hydrogens is 310 g/mol. The Hall–Kier alpha value is -1.74. The fourth-order valence-corrected chi connectivity index (χ4v) is 1.32. The van der Waals surface area contributed by atoms with Crippen LogP contribution in [0.5, 0.6) is 0 Å². The SMILES string of the molecule is C=CC(=O)OC(C)N(C)C.O=S(=O)(O)OCc1ccccc1. The molecule has 8 heteroatoms. The molecular formula is C14H21NO6S. The smallest absolute Gasteiger partial charge is 0.397 e. The molecule has 22 heavy (non-hydrogen) atoms. The quantitative estimate of drug-likeness (QED) is 0.366. The Morgan fingerprint density at radius 3 is 2.32 bits per heavy atom. The van der Waals surface area contributed by atoms with Crippen LogP contribution in [0, 0.1) is 0 Å². The minimum Gasteiger partial charge on any atom is -0.444 e. The number of hydrogen-bond donors (Lipinski definition) is 1. The molecule has 1 aromatic rings. The molecule has 1 N–H and O–H groups in total. The van der Waals surface area contributed by atoms with Crippen LogP contribution >= 0.6 is 0 Å². The summed E-state index contributed by atoms with van der Waals surface area (Å²) in [4.78, 5) is 12.4. The minimum atomic E-state index is -4.32. The Labute approximate surface area is 131 Å². The number of nitrogens with zero attached hydrogens (tertiary/aromatic N) is 1. The lowest BCUT2D eigenvalue weighted by molar-refractivity contribution is -0.149. The van der Waals surface area contributed by atoms with Crippen LogP contribution in [0.2, 0.25) is 0 Å². The molecule has 0 aliphatic carbocycles. The summed E-state index contributed by atoms with van der Waals surface area (Å²) in [5.74, 6) is -0.388. The van der Waals surface area contributed by atoms with E-state index in [2.05, 4.69) is 10.8 Å². The van der Waals surface area contributed by atoms with E-state index < -0.39 is 10.4 Å². The zero-order valence-corrected chi connectivity index (χ0v) is 13.6. The van der Waals surface area contributed by atoms with E-state index in [4.69, 9.17) is 9.29 Å². The molecule has 0 radical (unpaired) electrons. The summed E-state index contributed by atoms with van der Waals surface area (Å²) < 4.78 is 37.5. The molecule has 0 bridgehead atoms. The lowest BCUT2D eigenvalue weighted by Crippen LogP contribution is -2.29. The van der Waals surface area contributed by atoms with Gasteiger partial charge in [0, 0.05) is 6.08 Å². The molecule has 1 atom stereocenters. The molecule has 7 nitrogen and oxygen atoms in total. The molecule has 124 valence electrons. The molecule has 1 rings (SSSR count). The fourth-order valence-electron chi connectivity index (χ4n) is 1.04. The number of hydrogen-bond acceptors (Lipinski definition) is 6. The normalized spacial score (nSPS) is 12.0. The highest BCUT2D eigenvalue weighted by atomic mass is 32.3. The second-order valence-electron chi connectivity index (χ2n) is 4.38. The highest BCUT2D eigenvalue weighted by Crippen LogP contribution is 2.02. The van der Waals surface area contributed by atoms with Crippen LogP contribution in [-0.4, -0.2) is 44.2 Å². The number of carbonyl (C=O) groups excluding carboxylic acids is 1. The minimum absolute atomic E-state index is 0.139. The molecule has 0 aromatic heterocycles. The average Bonchev–Trinajstić information content (AvgIpc) is 2.46. The molecule has 1 unspecified atom stereocenters. The maximum atomic E-state index is 10.6. The van der Waals surface area contributed by atoms with Crippen LogP contribution in [0.25, 0.3) is 0 Å². The fraction of sp³-hybridized carbons (Fsp3) is 0.357. The van der Waals surface area contributed by atoms with Gasteiger partial charge >= 0.3 is 16.4 Å². The summed E-state index contributed by atoms with van der Waals surface area (Å²) in [7, 11) is -0.654. The molecule has 0 aliphatic heterocycles. The number of carbonyl (C=O) groups is 1. The first kappa shape index (κ1) is 20.3. The summed E-state index contributed by atoms with van der Waals surface area (Å²) in [5, 5.41) is 0. The molecule has 0 aliphatic rings. The number of rotatable bonds is 6. The van der Waals surface area contributed by atoms with Gasteiger partial charge in [0.15, 0.2) is 6.23 Å². The van der Waals surface area contributed by atoms with E-state index in [-0.39, 0.29) is 18.8 Å². The van der Waals surface area contributed by atoms with Gasteiger partial charge in [0.2, 0.25) is 0 Å². The monoisotopic (exact) mass is 331 g/mol. The maximum absolute atomic E-state index is 10.6. The largest absolute Gasteiger partial charge is 0.444 e. The second-order valence-corrected chi connectivity index (χ2v) is 5.47. The summed E-state index contributed by atoms with van der Waals surface area (Å²) >= 11 is 0. The molecule has 0 fully saturated rings. The van der Waals surface area contributed by atoms with Gasteiger partial charge in [0.05, 0.1) is 6.61 Å². The molecule has 0 saturated heterocycles. The average molecular weight is 331 g/mol. The van der Waals surface area contributed by atoms with E-state index in [1.807, 2.05) is 14.1 Å². The van der Waals surface area contributed by atoms with Crippen molar-refractivity contribution >= 4 is 16.4 Å². The van der Waals surface area contributed by atoms with Gasteiger partial charge in [-0.2, -0.15) is 8.42 Å². The summed E-state index contributed by atoms with van der Waals surface area (Å²) in [6.07, 6.45) is 0.963. The van der Waals surface area contributed by atoms with Crippen molar-refractivity contribution in [1.82, 2.24) is 4.90 Å². The third-order valence-electron chi connectivity index (χ3n) is 2.40. The Kier molecular flexibility index (Phi) is 9.27. The maximum Gasteiger partial charge on any atom is 0.397 e. The van der Waals surface area contributed by atoms with E-state index in [0.717, 1.165) is 6.08 Å². The third-order valence-corrected chi connectivity index (χ3v) is 2.81. The van der Waals surface area contributed by atoms with Gasteiger partial charge in [-0.25, -0.2) is 8.98 Å². The summed E-state index contributed by atoms with van der Waals surface area (Å²) in [6.45, 7) is 4.93. The van der Waals surface area contributed by atoms with Crippen LogP contribution in [0.1, 0.15) is 12.5 Å². The van der Waals surface area contributed by atoms with Gasteiger partial charge in [-0.15, -0.1) is 0 Å². The van der Waals surface area contributed by atoms with Crippen LogP contribution in [-0.2, 0) is 30.7 Å². The third kappa shape index (κ3) is 11.0. The Bertz CT molecular complexity index is 556. The van der Waals surface area contributed by atoms with Crippen molar-refractivity contribution < 1.29 is 26.7 Å². The van der Waals surface area contributed by atoms with Gasteiger partial charge in [-0.05, 0) is 26.6 Å². The van der Waals surface area contributed by atoms with E-state index in [9.17, 15) is 13.2 Å². The Morgan fingerprint density at radius 1 is 1.36 bits per heavy atom. The van der Waals surface area contributed by atoms with Crippen LogP contribution in [0.15, 0.2) is 43.0 Å². The molecule has 0 saturated carbocycles. The van der Waals surface area contributed by atoms with Crippen molar-refractivity contribution in [1.29, 1.82) is 0 Å². The van der Waals surface area contributed by atoms with Gasteiger partial charge in [0.25, 0.3) is 0 Å². The van der Waals surface area contributed by atoms with Gasteiger partial charge < -0.3 is 4.74 Å². The number of ether oxygens (including phenoxy) is 1. The van der Waals surface area contributed by atoms with Gasteiger partial charge in [-0.3, -0.25) is 9.45 Å². The van der Waals surface area contributed by atoms with E-state index in [0.29, 0.717) is 5.56 Å². The molecule has 0 heterocycles. The van der Waals surface area contributed by atoms with E-state index >= 15 is 0 Å². The van der Waals surface area contributed by atoms with Gasteiger partial charge in [0.1, 0.15) is 0 Å². The van der Waals surface area contributed by atoms with Crippen LogP contribution in [0.4, 0.5) is 0 Å². The first-order chi connectivity index (χ1) is 10.2. The van der Waals surface area contributed by atoms with Crippen molar-refractivity contribution in [3.8, 4) is 0 Å². The first-order valence-electron chi connectivity index (χ1n) is 6.31. The topological polar surface area (TPSA) is 93.1 Å². The Balaban J connectivity index is 0.000000409. The van der Waals surface area contributed by atoms with Crippen LogP contribution in [0.3, 0.4) is 0 Å². The molecule has 0 amide bonds. The standard InChI is InChI=1S/C7H13NO2.C7H8O4S/c1-5-7(9)10-6(2)8(3)4;8-12(9,10)11-6-7-4-2-1-3-5-7/h5-6H,1H2,2-4H3;1-5H,6H2,(H,8,9,10). The number of benzene rings is 1. The van der Waals surface area contributed by atoms with Crippen LogP contribution < -0.4 is 0 Å². The number of esters is 1. The summed E-state index contributed by atoms with van der Waals surface area (Å²) in [5.41, 5.74) is 0.690. The zero-order valence-electron chi connectivity index (χ0n) is 12.8. The first-order valence-corrected chi connectivity index (χ1v) is 7.67. The second kappa shape index (κ2) is 10.1. The molecule has 1 aromatic carbocycles. The summed E-state index contributed by atoms with van der Waals surface area (Å²) in [6, 6.07) is 8.71. The zero-order chi connectivity index (χ0) is 17.2. The van der Waals surface area contributed by atoms with Crippen molar-refractivity contribution in [2.24, 2.45) is 0 Å². The van der Waals surface area contributed by atoms with E-state index in [1.54, 1.807) is 42.2 Å². The lowest BCUT2D eigenvalue weighted by Gasteiger charge is -2.18. The Morgan fingerprint density at radius 2 is 1.91 bits per heavy atom. The molecule has 0 spiro atoms. The van der Waals surface area contributed by atoms with Crippen molar-refractivity contribution in [2.75, 3.05) is 14.1 Å². The highest BCUT2D eigenvalue weighted by molar-refractivity contribution is 7.80.